The van der Waals surface area contributed by atoms with Gasteiger partial charge in [0.05, 0.1) is 0 Å². The van der Waals surface area contributed by atoms with Crippen molar-refractivity contribution in [3.05, 3.63) is 75.9 Å². The molecule has 0 bridgehead atoms. The molecule has 0 aliphatic carbocycles. The van der Waals surface area contributed by atoms with E-state index >= 15 is 0 Å². The van der Waals surface area contributed by atoms with E-state index in [2.05, 4.69) is 10.6 Å². The SMILES string of the molecule is O=C(N/C=C/c1ccc(Cl)cc1)NCCc1cccc(Cl)c1. The van der Waals surface area contributed by atoms with Crippen LogP contribution >= 0.6 is 23.2 Å². The normalized spacial score (nSPS) is 10.6. The van der Waals surface area contributed by atoms with E-state index in [1.54, 1.807) is 24.4 Å². The molecule has 0 aromatic heterocycles. The zero-order valence-corrected chi connectivity index (χ0v) is 13.4. The Morgan fingerprint density at radius 1 is 1.05 bits per heavy atom. The van der Waals surface area contributed by atoms with Crippen molar-refractivity contribution in [2.45, 2.75) is 6.42 Å². The summed E-state index contributed by atoms with van der Waals surface area (Å²) < 4.78 is 0. The second kappa shape index (κ2) is 8.47. The first-order valence-corrected chi connectivity index (χ1v) is 7.60. The summed E-state index contributed by atoms with van der Waals surface area (Å²) in [6.07, 6.45) is 4.12. The average Bonchev–Trinajstić information content (AvgIpc) is 2.49. The molecule has 0 aliphatic heterocycles. The predicted octanol–water partition coefficient (Wildman–Crippen LogP) is 4.51. The van der Waals surface area contributed by atoms with Gasteiger partial charge in [0.1, 0.15) is 0 Å². The molecule has 0 saturated heterocycles. The molecule has 0 atom stereocenters. The van der Waals surface area contributed by atoms with E-state index in [-0.39, 0.29) is 6.03 Å². The van der Waals surface area contributed by atoms with Gasteiger partial charge >= 0.3 is 6.03 Å². The number of carbonyl (C=O) groups is 1. The molecule has 2 aromatic carbocycles. The molecule has 5 heteroatoms. The standard InChI is InChI=1S/C17H16Cl2N2O/c18-15-6-4-13(5-7-15)8-10-20-17(22)21-11-9-14-2-1-3-16(19)12-14/h1-8,10,12H,9,11H2,(H2,20,21,22)/b10-8+. The Balaban J connectivity index is 1.70. The van der Waals surface area contributed by atoms with Crippen molar-refractivity contribution in [2.75, 3.05) is 6.54 Å². The fraction of sp³-hybridized carbons (Fsp3) is 0.118. The van der Waals surface area contributed by atoms with Crippen LogP contribution in [0.15, 0.2) is 54.7 Å². The molecule has 0 saturated carbocycles. The fourth-order valence-electron chi connectivity index (χ4n) is 1.85. The first kappa shape index (κ1) is 16.4. The van der Waals surface area contributed by atoms with Crippen molar-refractivity contribution >= 4 is 35.3 Å². The van der Waals surface area contributed by atoms with Gasteiger partial charge in [-0.2, -0.15) is 0 Å². The van der Waals surface area contributed by atoms with Gasteiger partial charge < -0.3 is 10.6 Å². The van der Waals surface area contributed by atoms with Crippen LogP contribution < -0.4 is 10.6 Å². The lowest BCUT2D eigenvalue weighted by molar-refractivity contribution is 0.244. The third-order valence-corrected chi connectivity index (χ3v) is 3.44. The van der Waals surface area contributed by atoms with Crippen molar-refractivity contribution < 1.29 is 4.79 Å². The lowest BCUT2D eigenvalue weighted by Gasteiger charge is -2.05. The summed E-state index contributed by atoms with van der Waals surface area (Å²) >= 11 is 11.7. The van der Waals surface area contributed by atoms with E-state index in [0.717, 1.165) is 17.5 Å². The minimum atomic E-state index is -0.243. The van der Waals surface area contributed by atoms with Gasteiger partial charge in [-0.05, 0) is 47.9 Å². The van der Waals surface area contributed by atoms with Gasteiger partial charge in [0, 0.05) is 22.8 Å². The highest BCUT2D eigenvalue weighted by Crippen LogP contribution is 2.11. The van der Waals surface area contributed by atoms with Crippen LogP contribution in [0.4, 0.5) is 4.79 Å². The van der Waals surface area contributed by atoms with Crippen LogP contribution in [0.25, 0.3) is 6.08 Å². The Morgan fingerprint density at radius 3 is 2.55 bits per heavy atom. The number of nitrogens with one attached hydrogen (secondary N) is 2. The molecular formula is C17H16Cl2N2O. The zero-order chi connectivity index (χ0) is 15.8. The number of benzene rings is 2. The topological polar surface area (TPSA) is 41.1 Å². The number of rotatable bonds is 5. The van der Waals surface area contributed by atoms with Crippen LogP contribution in [-0.4, -0.2) is 12.6 Å². The largest absolute Gasteiger partial charge is 0.338 e. The molecule has 0 fully saturated rings. The molecule has 2 N–H and O–H groups in total. The van der Waals surface area contributed by atoms with Crippen molar-refractivity contribution in [3.63, 3.8) is 0 Å². The molecule has 0 spiro atoms. The van der Waals surface area contributed by atoms with Gasteiger partial charge in [-0.1, -0.05) is 47.5 Å². The quantitative estimate of drug-likeness (QED) is 0.830. The van der Waals surface area contributed by atoms with Crippen LogP contribution in [0.3, 0.4) is 0 Å². The molecule has 2 rings (SSSR count). The van der Waals surface area contributed by atoms with Gasteiger partial charge in [0.15, 0.2) is 0 Å². The van der Waals surface area contributed by atoms with Crippen LogP contribution in [0.2, 0.25) is 10.0 Å². The monoisotopic (exact) mass is 334 g/mol. The summed E-state index contributed by atoms with van der Waals surface area (Å²) in [5, 5.41) is 6.82. The second-order valence-corrected chi connectivity index (χ2v) is 5.54. The highest BCUT2D eigenvalue weighted by molar-refractivity contribution is 6.30. The molecule has 0 heterocycles. The average molecular weight is 335 g/mol. The van der Waals surface area contributed by atoms with Gasteiger partial charge in [0.2, 0.25) is 0 Å². The summed E-state index contributed by atoms with van der Waals surface area (Å²) in [5.41, 5.74) is 2.05. The van der Waals surface area contributed by atoms with Crippen molar-refractivity contribution in [3.8, 4) is 0 Å². The van der Waals surface area contributed by atoms with Gasteiger partial charge in [-0.3, -0.25) is 0 Å². The maximum Gasteiger partial charge on any atom is 0.318 e. The molecule has 2 amide bonds. The lowest BCUT2D eigenvalue weighted by atomic mass is 10.1. The maximum absolute atomic E-state index is 11.6. The van der Waals surface area contributed by atoms with E-state index in [9.17, 15) is 4.79 Å². The smallest absolute Gasteiger partial charge is 0.318 e. The van der Waals surface area contributed by atoms with Crippen LogP contribution in [-0.2, 0) is 6.42 Å². The number of halogens is 2. The van der Waals surface area contributed by atoms with E-state index in [4.69, 9.17) is 23.2 Å². The Hall–Kier alpha value is -1.97. The predicted molar refractivity (Wildman–Crippen MR) is 92.2 cm³/mol. The molecule has 0 radical (unpaired) electrons. The minimum absolute atomic E-state index is 0.243. The molecule has 3 nitrogen and oxygen atoms in total. The second-order valence-electron chi connectivity index (χ2n) is 4.67. The van der Waals surface area contributed by atoms with Gasteiger partial charge in [0.25, 0.3) is 0 Å². The number of hydrogen-bond acceptors (Lipinski definition) is 1. The highest BCUT2D eigenvalue weighted by Gasteiger charge is 1.98. The Kier molecular flexibility index (Phi) is 6.31. The molecule has 0 unspecified atom stereocenters. The highest BCUT2D eigenvalue weighted by atomic mass is 35.5. The van der Waals surface area contributed by atoms with Crippen molar-refractivity contribution in [1.82, 2.24) is 10.6 Å². The Morgan fingerprint density at radius 2 is 1.82 bits per heavy atom. The zero-order valence-electron chi connectivity index (χ0n) is 11.9. The summed E-state index contributed by atoms with van der Waals surface area (Å²) in [6.45, 7) is 0.543. The van der Waals surface area contributed by atoms with Crippen molar-refractivity contribution in [1.29, 1.82) is 0 Å². The number of amides is 2. The molecule has 0 aliphatic rings. The van der Waals surface area contributed by atoms with E-state index in [1.807, 2.05) is 36.4 Å². The number of urea groups is 1. The third kappa shape index (κ3) is 5.80. The number of hydrogen-bond donors (Lipinski definition) is 2. The summed E-state index contributed by atoms with van der Waals surface area (Å²) in [4.78, 5) is 11.6. The van der Waals surface area contributed by atoms with E-state index in [1.165, 1.54) is 0 Å². The molecule has 22 heavy (non-hydrogen) atoms. The summed E-state index contributed by atoms with van der Waals surface area (Å²) in [5.74, 6) is 0. The van der Waals surface area contributed by atoms with Crippen LogP contribution in [0.1, 0.15) is 11.1 Å². The van der Waals surface area contributed by atoms with Crippen LogP contribution in [0.5, 0.6) is 0 Å². The Bertz CT molecular complexity index is 654. The van der Waals surface area contributed by atoms with Gasteiger partial charge in [-0.15, -0.1) is 0 Å². The van der Waals surface area contributed by atoms with Crippen LogP contribution in [0, 0.1) is 0 Å². The molecule has 2 aromatic rings. The van der Waals surface area contributed by atoms with Crippen molar-refractivity contribution in [2.24, 2.45) is 0 Å². The molecular weight excluding hydrogens is 319 g/mol. The summed E-state index contributed by atoms with van der Waals surface area (Å²) in [6, 6.07) is 14.7. The minimum Gasteiger partial charge on any atom is -0.338 e. The maximum atomic E-state index is 11.6. The lowest BCUT2D eigenvalue weighted by Crippen LogP contribution is -2.33. The summed E-state index contributed by atoms with van der Waals surface area (Å²) in [7, 11) is 0. The van der Waals surface area contributed by atoms with E-state index in [0.29, 0.717) is 16.6 Å². The number of carbonyl (C=O) groups excluding carboxylic acids is 1. The fourth-order valence-corrected chi connectivity index (χ4v) is 2.19. The molecule has 114 valence electrons. The van der Waals surface area contributed by atoms with Gasteiger partial charge in [-0.25, -0.2) is 4.79 Å². The first-order valence-electron chi connectivity index (χ1n) is 6.84. The third-order valence-electron chi connectivity index (χ3n) is 2.95. The Labute approximate surface area is 139 Å². The van der Waals surface area contributed by atoms with E-state index < -0.39 is 0 Å². The first-order chi connectivity index (χ1) is 10.6.